The molecular formula is C15H17FN4O. The summed E-state index contributed by atoms with van der Waals surface area (Å²) in [5.74, 6) is 1.43. The van der Waals surface area contributed by atoms with Crippen LogP contribution < -0.4 is 5.32 Å². The van der Waals surface area contributed by atoms with E-state index in [1.165, 1.54) is 26.7 Å². The molecule has 2 aromatic rings. The summed E-state index contributed by atoms with van der Waals surface area (Å²) in [7, 11) is 0. The lowest BCUT2D eigenvalue weighted by molar-refractivity contribution is -0.125. The highest BCUT2D eigenvalue weighted by Gasteiger charge is 2.28. The summed E-state index contributed by atoms with van der Waals surface area (Å²) in [5, 5.41) is 9.68. The van der Waals surface area contributed by atoms with Gasteiger partial charge in [0.15, 0.2) is 11.5 Å². The van der Waals surface area contributed by atoms with Crippen LogP contribution in [0.2, 0.25) is 0 Å². The smallest absolute Gasteiger partial charge is 0.261 e. The van der Waals surface area contributed by atoms with Crippen molar-refractivity contribution in [1.82, 2.24) is 15.2 Å². The molecule has 3 rings (SSSR count). The molecule has 0 saturated heterocycles. The molecule has 0 spiro atoms. The van der Waals surface area contributed by atoms with Gasteiger partial charge in [-0.1, -0.05) is 0 Å². The van der Waals surface area contributed by atoms with Gasteiger partial charge in [-0.15, -0.1) is 0 Å². The Morgan fingerprint density at radius 2 is 2.00 bits per heavy atom. The van der Waals surface area contributed by atoms with Crippen LogP contribution in [0.4, 0.5) is 10.1 Å². The zero-order chi connectivity index (χ0) is 15.0. The quantitative estimate of drug-likeness (QED) is 0.908. The molecule has 0 aliphatic heterocycles. The van der Waals surface area contributed by atoms with E-state index < -0.39 is 11.6 Å². The number of halogens is 1. The largest absolute Gasteiger partial charge is 0.323 e. The molecule has 110 valence electrons. The first kappa shape index (κ1) is 13.7. The standard InChI is InChI=1S/C15H17FN4O/c1-15(2,16)14(21)17-11-7-5-10(6-8-11)13-18-12(19-20-13)9-3-4-9/h5-9H,3-4H2,1-2H3,(H,17,21)(H,18,19,20). The lowest BCUT2D eigenvalue weighted by Crippen LogP contribution is -2.32. The number of carbonyl (C=O) groups is 1. The fraction of sp³-hybridized carbons (Fsp3) is 0.400. The zero-order valence-electron chi connectivity index (χ0n) is 12.0. The Bertz CT molecular complexity index is 653. The number of amides is 1. The van der Waals surface area contributed by atoms with E-state index in [0.29, 0.717) is 17.4 Å². The molecule has 0 unspecified atom stereocenters. The van der Waals surface area contributed by atoms with Crippen LogP contribution in [-0.4, -0.2) is 26.8 Å². The minimum atomic E-state index is -1.90. The fourth-order valence-electron chi connectivity index (χ4n) is 1.93. The summed E-state index contributed by atoms with van der Waals surface area (Å²) < 4.78 is 13.5. The third kappa shape index (κ3) is 3.09. The normalized spacial score (nSPS) is 15.0. The summed E-state index contributed by atoms with van der Waals surface area (Å²) in [6.45, 7) is 2.45. The van der Waals surface area contributed by atoms with Crippen molar-refractivity contribution < 1.29 is 9.18 Å². The molecule has 1 aromatic heterocycles. The second-order valence-corrected chi connectivity index (χ2v) is 5.82. The Morgan fingerprint density at radius 3 is 2.57 bits per heavy atom. The lowest BCUT2D eigenvalue weighted by Gasteiger charge is -2.14. The van der Waals surface area contributed by atoms with Gasteiger partial charge in [-0.25, -0.2) is 9.37 Å². The van der Waals surface area contributed by atoms with Crippen LogP contribution in [0.5, 0.6) is 0 Å². The van der Waals surface area contributed by atoms with Crippen LogP contribution in [0, 0.1) is 0 Å². The van der Waals surface area contributed by atoms with Crippen LogP contribution in [0.15, 0.2) is 24.3 Å². The maximum Gasteiger partial charge on any atom is 0.261 e. The van der Waals surface area contributed by atoms with Gasteiger partial charge < -0.3 is 5.32 Å². The summed E-state index contributed by atoms with van der Waals surface area (Å²) in [4.78, 5) is 16.0. The Morgan fingerprint density at radius 1 is 1.33 bits per heavy atom. The molecule has 0 bridgehead atoms. The van der Waals surface area contributed by atoms with Gasteiger partial charge in [-0.2, -0.15) is 5.10 Å². The molecule has 5 nitrogen and oxygen atoms in total. The Hall–Kier alpha value is -2.24. The lowest BCUT2D eigenvalue weighted by atomic mass is 10.1. The molecular weight excluding hydrogens is 271 g/mol. The molecule has 1 fully saturated rings. The SMILES string of the molecule is CC(C)(F)C(=O)Nc1ccc(-c2n[nH]c(C3CC3)n2)cc1. The van der Waals surface area contributed by atoms with Crippen molar-refractivity contribution in [3.8, 4) is 11.4 Å². The van der Waals surface area contributed by atoms with Crippen LogP contribution in [0.25, 0.3) is 11.4 Å². The molecule has 1 aliphatic carbocycles. The van der Waals surface area contributed by atoms with Gasteiger partial charge in [0.1, 0.15) is 5.82 Å². The van der Waals surface area contributed by atoms with Gasteiger partial charge >= 0.3 is 0 Å². The number of carbonyl (C=O) groups excluding carboxylic acids is 1. The summed E-state index contributed by atoms with van der Waals surface area (Å²) in [5.41, 5.74) is -0.496. The van der Waals surface area contributed by atoms with Crippen molar-refractivity contribution in [3.05, 3.63) is 30.1 Å². The number of hydrogen-bond acceptors (Lipinski definition) is 3. The zero-order valence-corrected chi connectivity index (χ0v) is 12.0. The number of aromatic nitrogens is 3. The molecule has 21 heavy (non-hydrogen) atoms. The molecule has 0 atom stereocenters. The molecule has 1 aliphatic rings. The van der Waals surface area contributed by atoms with Crippen LogP contribution >= 0.6 is 0 Å². The molecule has 1 saturated carbocycles. The Kier molecular flexibility index (Phi) is 3.23. The van der Waals surface area contributed by atoms with E-state index in [4.69, 9.17) is 0 Å². The highest BCUT2D eigenvalue weighted by atomic mass is 19.1. The third-order valence-corrected chi connectivity index (χ3v) is 3.41. The molecule has 1 amide bonds. The van der Waals surface area contributed by atoms with E-state index in [2.05, 4.69) is 20.5 Å². The minimum Gasteiger partial charge on any atom is -0.323 e. The summed E-state index contributed by atoms with van der Waals surface area (Å²) >= 11 is 0. The van der Waals surface area contributed by atoms with Crippen LogP contribution in [-0.2, 0) is 4.79 Å². The number of alkyl halides is 1. The van der Waals surface area contributed by atoms with E-state index in [1.54, 1.807) is 24.3 Å². The predicted molar refractivity (Wildman–Crippen MR) is 77.6 cm³/mol. The Balaban J connectivity index is 1.72. The second kappa shape index (κ2) is 4.95. The van der Waals surface area contributed by atoms with E-state index in [9.17, 15) is 9.18 Å². The maximum atomic E-state index is 13.5. The maximum absolute atomic E-state index is 13.5. The van der Waals surface area contributed by atoms with Crippen molar-refractivity contribution in [1.29, 1.82) is 0 Å². The van der Waals surface area contributed by atoms with Crippen molar-refractivity contribution >= 4 is 11.6 Å². The first-order valence-electron chi connectivity index (χ1n) is 6.96. The van der Waals surface area contributed by atoms with Gasteiger partial charge in [-0.05, 0) is 51.0 Å². The van der Waals surface area contributed by atoms with Gasteiger partial charge in [0.05, 0.1) is 0 Å². The van der Waals surface area contributed by atoms with Crippen LogP contribution in [0.1, 0.15) is 38.4 Å². The fourth-order valence-corrected chi connectivity index (χ4v) is 1.93. The number of nitrogens with one attached hydrogen (secondary N) is 2. The predicted octanol–water partition coefficient (Wildman–Crippen LogP) is 3.04. The van der Waals surface area contributed by atoms with Crippen molar-refractivity contribution in [3.63, 3.8) is 0 Å². The number of rotatable bonds is 4. The van der Waals surface area contributed by atoms with Gasteiger partial charge in [0.2, 0.25) is 0 Å². The van der Waals surface area contributed by atoms with E-state index >= 15 is 0 Å². The molecule has 0 radical (unpaired) electrons. The highest BCUT2D eigenvalue weighted by molar-refractivity contribution is 5.96. The van der Waals surface area contributed by atoms with Gasteiger partial charge in [0.25, 0.3) is 5.91 Å². The molecule has 2 N–H and O–H groups in total. The monoisotopic (exact) mass is 288 g/mol. The first-order chi connectivity index (χ1) is 9.93. The number of aromatic amines is 1. The minimum absolute atomic E-state index is 0.525. The van der Waals surface area contributed by atoms with E-state index in [1.807, 2.05) is 0 Å². The number of nitrogens with zero attached hydrogens (tertiary/aromatic N) is 2. The van der Waals surface area contributed by atoms with E-state index in [0.717, 1.165) is 11.4 Å². The van der Waals surface area contributed by atoms with Crippen molar-refractivity contribution in [2.45, 2.75) is 38.3 Å². The number of hydrogen-bond donors (Lipinski definition) is 2. The number of anilines is 1. The molecule has 1 heterocycles. The second-order valence-electron chi connectivity index (χ2n) is 5.82. The topological polar surface area (TPSA) is 70.7 Å². The van der Waals surface area contributed by atoms with Crippen molar-refractivity contribution in [2.75, 3.05) is 5.32 Å². The highest BCUT2D eigenvalue weighted by Crippen LogP contribution is 2.38. The number of H-pyrrole nitrogens is 1. The average molecular weight is 288 g/mol. The summed E-state index contributed by atoms with van der Waals surface area (Å²) in [6.07, 6.45) is 2.33. The van der Waals surface area contributed by atoms with E-state index in [-0.39, 0.29) is 0 Å². The Labute approximate surface area is 122 Å². The third-order valence-electron chi connectivity index (χ3n) is 3.41. The molecule has 6 heteroatoms. The summed E-state index contributed by atoms with van der Waals surface area (Å²) in [6, 6.07) is 7.04. The van der Waals surface area contributed by atoms with Crippen molar-refractivity contribution in [2.24, 2.45) is 0 Å². The van der Waals surface area contributed by atoms with Gasteiger partial charge in [-0.3, -0.25) is 9.89 Å². The molecule has 1 aromatic carbocycles. The average Bonchev–Trinajstić information content (AvgIpc) is 3.17. The number of benzene rings is 1. The van der Waals surface area contributed by atoms with Gasteiger partial charge in [0, 0.05) is 17.2 Å². The first-order valence-corrected chi connectivity index (χ1v) is 6.96. The van der Waals surface area contributed by atoms with Crippen LogP contribution in [0.3, 0.4) is 0 Å².